The topological polar surface area (TPSA) is 104 Å². The maximum absolute atomic E-state index is 12.5. The lowest BCUT2D eigenvalue weighted by molar-refractivity contribution is 0.0696. The van der Waals surface area contributed by atoms with E-state index in [0.717, 1.165) is 11.4 Å². The number of carbonyl (C=O) groups is 2. The molecule has 0 aliphatic rings. The predicted molar refractivity (Wildman–Crippen MR) is 103 cm³/mol. The fourth-order valence-corrected chi connectivity index (χ4v) is 2.58. The van der Waals surface area contributed by atoms with Crippen molar-refractivity contribution in [2.75, 3.05) is 10.6 Å². The maximum atomic E-state index is 12.5. The lowest BCUT2D eigenvalue weighted by atomic mass is 10.1. The second-order valence-corrected chi connectivity index (χ2v) is 6.02. The zero-order chi connectivity index (χ0) is 19.4. The number of anilines is 3. The molecule has 0 atom stereocenters. The van der Waals surface area contributed by atoms with Gasteiger partial charge in [0.2, 0.25) is 5.95 Å². The van der Waals surface area contributed by atoms with Gasteiger partial charge in [-0.1, -0.05) is 12.1 Å². The van der Waals surface area contributed by atoms with Crippen LogP contribution >= 0.6 is 0 Å². The van der Waals surface area contributed by atoms with E-state index in [0.29, 0.717) is 22.9 Å². The molecule has 0 aliphatic heterocycles. The molecule has 0 spiro atoms. The Kier molecular flexibility index (Phi) is 5.12. The van der Waals surface area contributed by atoms with Gasteiger partial charge in [-0.2, -0.15) is 0 Å². The molecular weight excluding hydrogens is 344 g/mol. The SMILES string of the molecule is Cc1cc(C)nc(Nc2cccc(C(=O)Nc3cccc(C(=O)O)c3)c2)n1. The van der Waals surface area contributed by atoms with E-state index in [1.54, 1.807) is 30.3 Å². The molecule has 7 nitrogen and oxygen atoms in total. The van der Waals surface area contributed by atoms with E-state index >= 15 is 0 Å². The van der Waals surface area contributed by atoms with Crippen molar-refractivity contribution in [3.63, 3.8) is 0 Å². The minimum Gasteiger partial charge on any atom is -0.478 e. The van der Waals surface area contributed by atoms with Crippen LogP contribution in [0.4, 0.5) is 17.3 Å². The summed E-state index contributed by atoms with van der Waals surface area (Å²) in [6.45, 7) is 3.77. The van der Waals surface area contributed by atoms with Crippen LogP contribution in [0.5, 0.6) is 0 Å². The molecule has 0 saturated heterocycles. The fourth-order valence-electron chi connectivity index (χ4n) is 2.58. The molecule has 7 heteroatoms. The van der Waals surface area contributed by atoms with Crippen LogP contribution in [0.3, 0.4) is 0 Å². The van der Waals surface area contributed by atoms with E-state index in [1.807, 2.05) is 26.0 Å². The molecule has 27 heavy (non-hydrogen) atoms. The largest absolute Gasteiger partial charge is 0.478 e. The number of carbonyl (C=O) groups excluding carboxylic acids is 1. The van der Waals surface area contributed by atoms with Crippen molar-refractivity contribution >= 4 is 29.2 Å². The number of rotatable bonds is 5. The number of aromatic nitrogens is 2. The third-order valence-electron chi connectivity index (χ3n) is 3.73. The van der Waals surface area contributed by atoms with E-state index < -0.39 is 5.97 Å². The number of carboxylic acids is 1. The van der Waals surface area contributed by atoms with Crippen molar-refractivity contribution in [2.24, 2.45) is 0 Å². The fraction of sp³-hybridized carbons (Fsp3) is 0.100. The first-order valence-corrected chi connectivity index (χ1v) is 8.25. The molecule has 3 rings (SSSR count). The monoisotopic (exact) mass is 362 g/mol. The van der Waals surface area contributed by atoms with Crippen molar-refractivity contribution in [2.45, 2.75) is 13.8 Å². The number of hydrogen-bond donors (Lipinski definition) is 3. The Bertz CT molecular complexity index is 997. The molecule has 1 heterocycles. The number of aryl methyl sites for hydroxylation is 2. The summed E-state index contributed by atoms with van der Waals surface area (Å²) >= 11 is 0. The zero-order valence-corrected chi connectivity index (χ0v) is 14.9. The van der Waals surface area contributed by atoms with Gasteiger partial charge in [0.05, 0.1) is 5.56 Å². The number of nitrogens with zero attached hydrogens (tertiary/aromatic N) is 2. The molecule has 3 N–H and O–H groups in total. The molecule has 3 aromatic rings. The lowest BCUT2D eigenvalue weighted by Gasteiger charge is -2.09. The molecule has 1 aromatic heterocycles. The molecular formula is C20H18N4O3. The smallest absolute Gasteiger partial charge is 0.335 e. The minimum atomic E-state index is -1.05. The van der Waals surface area contributed by atoms with E-state index in [1.165, 1.54) is 12.1 Å². The summed E-state index contributed by atoms with van der Waals surface area (Å²) in [7, 11) is 0. The van der Waals surface area contributed by atoms with Crippen LogP contribution in [0.25, 0.3) is 0 Å². The first-order valence-electron chi connectivity index (χ1n) is 8.25. The second kappa shape index (κ2) is 7.65. The quantitative estimate of drug-likeness (QED) is 0.638. The van der Waals surface area contributed by atoms with Gasteiger partial charge in [0, 0.05) is 28.3 Å². The third-order valence-corrected chi connectivity index (χ3v) is 3.73. The Hall–Kier alpha value is -3.74. The Morgan fingerprint density at radius 2 is 1.44 bits per heavy atom. The summed E-state index contributed by atoms with van der Waals surface area (Å²) in [6, 6.07) is 14.9. The average Bonchev–Trinajstić information content (AvgIpc) is 2.61. The van der Waals surface area contributed by atoms with E-state index in [-0.39, 0.29) is 11.5 Å². The molecule has 1 amide bonds. The molecule has 0 bridgehead atoms. The van der Waals surface area contributed by atoms with Crippen LogP contribution < -0.4 is 10.6 Å². The maximum Gasteiger partial charge on any atom is 0.335 e. The average molecular weight is 362 g/mol. The van der Waals surface area contributed by atoms with E-state index in [2.05, 4.69) is 20.6 Å². The number of carboxylic acid groups (broad SMARTS) is 1. The van der Waals surface area contributed by atoms with Gasteiger partial charge in [-0.05, 0) is 56.3 Å². The molecule has 0 fully saturated rings. The van der Waals surface area contributed by atoms with Crippen LogP contribution in [-0.2, 0) is 0 Å². The second-order valence-electron chi connectivity index (χ2n) is 6.02. The van der Waals surface area contributed by atoms with E-state index in [4.69, 9.17) is 5.11 Å². The van der Waals surface area contributed by atoms with Gasteiger partial charge in [-0.15, -0.1) is 0 Å². The Morgan fingerprint density at radius 1 is 0.852 bits per heavy atom. The summed E-state index contributed by atoms with van der Waals surface area (Å²) in [5, 5.41) is 14.8. The van der Waals surface area contributed by atoms with Crippen molar-refractivity contribution in [3.05, 3.63) is 77.1 Å². The number of amides is 1. The Balaban J connectivity index is 1.77. The van der Waals surface area contributed by atoms with Crippen LogP contribution in [0.1, 0.15) is 32.1 Å². The molecule has 0 radical (unpaired) electrons. The Morgan fingerprint density at radius 3 is 2.11 bits per heavy atom. The van der Waals surface area contributed by atoms with Crippen molar-refractivity contribution < 1.29 is 14.7 Å². The zero-order valence-electron chi connectivity index (χ0n) is 14.9. The summed E-state index contributed by atoms with van der Waals surface area (Å²) < 4.78 is 0. The van der Waals surface area contributed by atoms with Crippen molar-refractivity contribution in [1.29, 1.82) is 0 Å². The third kappa shape index (κ3) is 4.66. The summed E-state index contributed by atoms with van der Waals surface area (Å²) in [6.07, 6.45) is 0. The van der Waals surface area contributed by atoms with Gasteiger partial charge >= 0.3 is 5.97 Å². The van der Waals surface area contributed by atoms with Gasteiger partial charge < -0.3 is 15.7 Å². The summed E-state index contributed by atoms with van der Waals surface area (Å²) in [5.74, 6) is -0.938. The van der Waals surface area contributed by atoms with Gasteiger partial charge in [0.25, 0.3) is 5.91 Å². The first kappa shape index (κ1) is 18.1. The molecule has 0 saturated carbocycles. The first-order chi connectivity index (χ1) is 12.9. The molecule has 0 aliphatic carbocycles. The standard InChI is InChI=1S/C20H18N4O3/c1-12-9-13(2)22-20(21-12)24-17-8-3-5-14(10-17)18(25)23-16-7-4-6-15(11-16)19(26)27/h3-11H,1-2H3,(H,23,25)(H,26,27)(H,21,22,24). The normalized spacial score (nSPS) is 10.3. The highest BCUT2D eigenvalue weighted by Crippen LogP contribution is 2.18. The van der Waals surface area contributed by atoms with Crippen molar-refractivity contribution in [1.82, 2.24) is 9.97 Å². The van der Waals surface area contributed by atoms with Crippen LogP contribution in [0, 0.1) is 13.8 Å². The molecule has 2 aromatic carbocycles. The van der Waals surface area contributed by atoms with Gasteiger partial charge in [-0.3, -0.25) is 4.79 Å². The Labute approximate surface area is 156 Å². The molecule has 136 valence electrons. The van der Waals surface area contributed by atoms with Gasteiger partial charge in [-0.25, -0.2) is 14.8 Å². The van der Waals surface area contributed by atoms with Crippen molar-refractivity contribution in [3.8, 4) is 0 Å². The number of benzene rings is 2. The highest BCUT2D eigenvalue weighted by Gasteiger charge is 2.10. The van der Waals surface area contributed by atoms with Crippen LogP contribution in [0.2, 0.25) is 0 Å². The molecule has 0 unspecified atom stereocenters. The number of nitrogens with one attached hydrogen (secondary N) is 2. The highest BCUT2D eigenvalue weighted by molar-refractivity contribution is 6.05. The van der Waals surface area contributed by atoms with Gasteiger partial charge in [0.15, 0.2) is 0 Å². The minimum absolute atomic E-state index is 0.107. The number of hydrogen-bond acceptors (Lipinski definition) is 5. The van der Waals surface area contributed by atoms with Crippen LogP contribution in [-0.4, -0.2) is 27.0 Å². The summed E-state index contributed by atoms with van der Waals surface area (Å²) in [4.78, 5) is 32.2. The van der Waals surface area contributed by atoms with Crippen LogP contribution in [0.15, 0.2) is 54.6 Å². The summed E-state index contributed by atoms with van der Waals surface area (Å²) in [5.41, 5.74) is 3.30. The predicted octanol–water partition coefficient (Wildman–Crippen LogP) is 3.79. The number of aromatic carboxylic acids is 1. The lowest BCUT2D eigenvalue weighted by Crippen LogP contribution is -2.12. The van der Waals surface area contributed by atoms with E-state index in [9.17, 15) is 9.59 Å². The highest BCUT2D eigenvalue weighted by atomic mass is 16.4. The van der Waals surface area contributed by atoms with Gasteiger partial charge in [0.1, 0.15) is 0 Å².